The highest BCUT2D eigenvalue weighted by atomic mass is 32.1. The van der Waals surface area contributed by atoms with E-state index in [0.717, 1.165) is 47.6 Å². The van der Waals surface area contributed by atoms with Crippen LogP contribution in [0.25, 0.3) is 21.1 Å². The lowest BCUT2D eigenvalue weighted by Gasteiger charge is -2.32. The van der Waals surface area contributed by atoms with Gasteiger partial charge in [-0.25, -0.2) is 15.0 Å². The summed E-state index contributed by atoms with van der Waals surface area (Å²) < 4.78 is 0. The molecular weight excluding hydrogens is 396 g/mol. The van der Waals surface area contributed by atoms with Crippen LogP contribution in [-0.2, 0) is 6.42 Å². The van der Waals surface area contributed by atoms with Crippen LogP contribution in [0.5, 0.6) is 0 Å². The van der Waals surface area contributed by atoms with Gasteiger partial charge < -0.3 is 4.90 Å². The van der Waals surface area contributed by atoms with E-state index in [1.807, 2.05) is 17.8 Å². The van der Waals surface area contributed by atoms with E-state index >= 15 is 0 Å². The van der Waals surface area contributed by atoms with E-state index in [4.69, 9.17) is 9.97 Å². The van der Waals surface area contributed by atoms with Gasteiger partial charge in [0.25, 0.3) is 0 Å². The molecule has 0 atom stereocenters. The molecule has 1 saturated heterocycles. The van der Waals surface area contributed by atoms with Gasteiger partial charge in [0.2, 0.25) is 5.95 Å². The fourth-order valence-electron chi connectivity index (χ4n) is 3.92. The third-order valence-corrected chi connectivity index (χ3v) is 7.15. The average Bonchev–Trinajstić information content (AvgIpc) is 3.49. The maximum absolute atomic E-state index is 4.97. The van der Waals surface area contributed by atoms with E-state index in [0.29, 0.717) is 0 Å². The number of aromatic nitrogens is 3. The second-order valence-corrected chi connectivity index (χ2v) is 9.21. The molecule has 1 aliphatic heterocycles. The molecule has 5 rings (SSSR count). The van der Waals surface area contributed by atoms with Crippen molar-refractivity contribution in [3.05, 3.63) is 71.2 Å². The largest absolute Gasteiger partial charge is 0.341 e. The average molecular weight is 419 g/mol. The summed E-state index contributed by atoms with van der Waals surface area (Å²) >= 11 is 3.34. The first-order valence-electron chi connectivity index (χ1n) is 9.96. The summed E-state index contributed by atoms with van der Waals surface area (Å²) in [4.78, 5) is 17.7. The molecule has 0 amide bonds. The molecular formula is C23H22N4S2. The van der Waals surface area contributed by atoms with Gasteiger partial charge in [-0.3, -0.25) is 0 Å². The minimum Gasteiger partial charge on any atom is -0.341 e. The summed E-state index contributed by atoms with van der Waals surface area (Å²) in [5.74, 6) is 1.56. The molecule has 0 radical (unpaired) electrons. The van der Waals surface area contributed by atoms with Crippen LogP contribution < -0.4 is 4.90 Å². The first kappa shape index (κ1) is 18.5. The number of thiazole rings is 1. The second kappa shape index (κ2) is 8.43. The molecule has 0 aliphatic carbocycles. The molecule has 4 nitrogen and oxygen atoms in total. The lowest BCUT2D eigenvalue weighted by Crippen LogP contribution is -2.35. The van der Waals surface area contributed by atoms with Crippen LogP contribution in [0.2, 0.25) is 0 Å². The number of rotatable bonds is 5. The predicted molar refractivity (Wildman–Crippen MR) is 122 cm³/mol. The van der Waals surface area contributed by atoms with Crippen molar-refractivity contribution < 1.29 is 0 Å². The normalized spacial score (nSPS) is 15.0. The van der Waals surface area contributed by atoms with Gasteiger partial charge in [-0.2, -0.15) is 0 Å². The van der Waals surface area contributed by atoms with Crippen LogP contribution in [-0.4, -0.2) is 28.0 Å². The highest BCUT2D eigenvalue weighted by Crippen LogP contribution is 2.35. The summed E-state index contributed by atoms with van der Waals surface area (Å²) in [6.07, 6.45) is 7.34. The summed E-state index contributed by atoms with van der Waals surface area (Å²) in [6, 6.07) is 15.0. The van der Waals surface area contributed by atoms with Crippen molar-refractivity contribution in [3.8, 4) is 21.1 Å². The standard InChI is InChI=1S/C23H22N4S2/c1-2-5-17(6-3-1)15-18-8-11-27(12-9-18)23-25-16-19(20-7-4-13-28-20)21(26-23)22-24-10-14-29-22/h1-7,10,13-14,16,18H,8-9,11-12,15H2. The van der Waals surface area contributed by atoms with Crippen molar-refractivity contribution in [1.82, 2.24) is 15.0 Å². The molecule has 1 fully saturated rings. The molecule has 1 aliphatic rings. The second-order valence-electron chi connectivity index (χ2n) is 7.37. The topological polar surface area (TPSA) is 41.9 Å². The van der Waals surface area contributed by atoms with E-state index < -0.39 is 0 Å². The Labute approximate surface area is 178 Å². The van der Waals surface area contributed by atoms with Crippen LogP contribution in [0.4, 0.5) is 5.95 Å². The Bertz CT molecular complexity index is 1040. The Kier molecular flexibility index (Phi) is 5.37. The summed E-state index contributed by atoms with van der Waals surface area (Å²) in [5.41, 5.74) is 3.45. The minimum atomic E-state index is 0.734. The van der Waals surface area contributed by atoms with Crippen molar-refractivity contribution in [3.63, 3.8) is 0 Å². The van der Waals surface area contributed by atoms with Gasteiger partial charge in [0.05, 0.1) is 0 Å². The van der Waals surface area contributed by atoms with Crippen molar-refractivity contribution in [2.24, 2.45) is 5.92 Å². The molecule has 4 heterocycles. The number of piperidine rings is 1. The van der Waals surface area contributed by atoms with Gasteiger partial charge in [-0.15, -0.1) is 22.7 Å². The van der Waals surface area contributed by atoms with Crippen LogP contribution in [0, 0.1) is 5.92 Å². The minimum absolute atomic E-state index is 0.734. The van der Waals surface area contributed by atoms with Gasteiger partial charge in [0, 0.05) is 41.3 Å². The zero-order valence-electron chi connectivity index (χ0n) is 16.1. The van der Waals surface area contributed by atoms with Crippen LogP contribution in [0.15, 0.2) is 65.6 Å². The monoisotopic (exact) mass is 418 g/mol. The molecule has 4 aromatic rings. The Morgan fingerprint density at radius 1 is 0.931 bits per heavy atom. The van der Waals surface area contributed by atoms with Crippen LogP contribution in [0.1, 0.15) is 18.4 Å². The summed E-state index contributed by atoms with van der Waals surface area (Å²) in [7, 11) is 0. The van der Waals surface area contributed by atoms with Crippen molar-refractivity contribution >= 4 is 28.6 Å². The first-order chi connectivity index (χ1) is 14.4. The lowest BCUT2D eigenvalue weighted by atomic mass is 9.90. The third-order valence-electron chi connectivity index (χ3n) is 5.46. The molecule has 0 N–H and O–H groups in total. The summed E-state index contributed by atoms with van der Waals surface area (Å²) in [6.45, 7) is 2.01. The van der Waals surface area contributed by atoms with Gasteiger partial charge in [0.15, 0.2) is 0 Å². The predicted octanol–water partition coefficient (Wildman–Crippen LogP) is 5.79. The van der Waals surface area contributed by atoms with E-state index in [-0.39, 0.29) is 0 Å². The Morgan fingerprint density at radius 3 is 2.52 bits per heavy atom. The van der Waals surface area contributed by atoms with Gasteiger partial charge >= 0.3 is 0 Å². The number of hydrogen-bond donors (Lipinski definition) is 0. The summed E-state index contributed by atoms with van der Waals surface area (Å²) in [5, 5.41) is 5.05. The van der Waals surface area contributed by atoms with E-state index in [1.54, 1.807) is 22.7 Å². The molecule has 6 heteroatoms. The van der Waals surface area contributed by atoms with E-state index in [2.05, 4.69) is 57.7 Å². The van der Waals surface area contributed by atoms with Gasteiger partial charge in [0.1, 0.15) is 10.7 Å². The molecule has 146 valence electrons. The highest BCUT2D eigenvalue weighted by molar-refractivity contribution is 7.14. The molecule has 0 bridgehead atoms. The Hall–Kier alpha value is -2.57. The molecule has 3 aromatic heterocycles. The smallest absolute Gasteiger partial charge is 0.225 e. The lowest BCUT2D eigenvalue weighted by molar-refractivity contribution is 0.400. The zero-order chi connectivity index (χ0) is 19.5. The molecule has 1 aromatic carbocycles. The van der Waals surface area contributed by atoms with Crippen LogP contribution in [0.3, 0.4) is 0 Å². The number of hydrogen-bond acceptors (Lipinski definition) is 6. The van der Waals surface area contributed by atoms with Crippen molar-refractivity contribution in [2.45, 2.75) is 19.3 Å². The zero-order valence-corrected chi connectivity index (χ0v) is 17.7. The number of anilines is 1. The van der Waals surface area contributed by atoms with Crippen molar-refractivity contribution in [2.75, 3.05) is 18.0 Å². The third kappa shape index (κ3) is 4.09. The van der Waals surface area contributed by atoms with Crippen LogP contribution >= 0.6 is 22.7 Å². The Balaban J connectivity index is 1.35. The number of nitrogens with zero attached hydrogens (tertiary/aromatic N) is 4. The highest BCUT2D eigenvalue weighted by Gasteiger charge is 2.23. The number of thiophene rings is 1. The molecule has 29 heavy (non-hydrogen) atoms. The van der Waals surface area contributed by atoms with Gasteiger partial charge in [-0.1, -0.05) is 36.4 Å². The Morgan fingerprint density at radius 2 is 1.79 bits per heavy atom. The van der Waals surface area contributed by atoms with Crippen molar-refractivity contribution in [1.29, 1.82) is 0 Å². The maximum atomic E-state index is 4.97. The quantitative estimate of drug-likeness (QED) is 0.411. The molecule has 0 unspecified atom stereocenters. The molecule has 0 saturated carbocycles. The molecule has 0 spiro atoms. The fraction of sp³-hybridized carbons (Fsp3) is 0.261. The maximum Gasteiger partial charge on any atom is 0.225 e. The fourth-order valence-corrected chi connectivity index (χ4v) is 5.30. The van der Waals surface area contributed by atoms with E-state index in [1.165, 1.54) is 23.3 Å². The first-order valence-corrected chi connectivity index (χ1v) is 11.7. The SMILES string of the molecule is c1ccc(CC2CCN(c3ncc(-c4cccs4)c(-c4nccs4)n3)CC2)cc1. The van der Waals surface area contributed by atoms with E-state index in [9.17, 15) is 0 Å². The number of benzene rings is 1. The van der Waals surface area contributed by atoms with Gasteiger partial charge in [-0.05, 0) is 42.2 Å².